The standard InChI is InChI=1S/C20H27N3O/c1-15-13-16(2)20(17(3)14-15)21-19(24)7-6-10-23-11-8-18(9-12-23)22(4)5/h8-9,11-14H,6-7,10H2,1-5H3/p+1. The van der Waals surface area contributed by atoms with Gasteiger partial charge in [0, 0.05) is 50.4 Å². The van der Waals surface area contributed by atoms with Crippen molar-refractivity contribution in [1.82, 2.24) is 0 Å². The predicted molar refractivity (Wildman–Crippen MR) is 99.5 cm³/mol. The summed E-state index contributed by atoms with van der Waals surface area (Å²) in [5.41, 5.74) is 5.59. The smallest absolute Gasteiger partial charge is 0.224 e. The van der Waals surface area contributed by atoms with E-state index in [1.165, 1.54) is 11.3 Å². The minimum atomic E-state index is 0.0792. The number of hydrogen-bond acceptors (Lipinski definition) is 2. The molecule has 0 aliphatic carbocycles. The molecule has 128 valence electrons. The third-order valence-electron chi connectivity index (χ3n) is 4.15. The van der Waals surface area contributed by atoms with Crippen molar-refractivity contribution < 1.29 is 9.36 Å². The van der Waals surface area contributed by atoms with E-state index in [0.29, 0.717) is 6.42 Å². The number of benzene rings is 1. The Balaban J connectivity index is 1.85. The highest BCUT2D eigenvalue weighted by atomic mass is 16.1. The number of aryl methyl sites for hydroxylation is 4. The van der Waals surface area contributed by atoms with E-state index in [0.717, 1.165) is 29.8 Å². The predicted octanol–water partition coefficient (Wildman–Crippen LogP) is 3.38. The van der Waals surface area contributed by atoms with Gasteiger partial charge in [0.05, 0.1) is 0 Å². The minimum Gasteiger partial charge on any atom is -0.377 e. The highest BCUT2D eigenvalue weighted by Gasteiger charge is 2.09. The summed E-state index contributed by atoms with van der Waals surface area (Å²) in [6.45, 7) is 6.99. The molecule has 0 spiro atoms. The highest BCUT2D eigenvalue weighted by molar-refractivity contribution is 5.92. The molecule has 0 aliphatic rings. The van der Waals surface area contributed by atoms with Crippen molar-refractivity contribution in [2.45, 2.75) is 40.2 Å². The molecule has 0 atom stereocenters. The molecule has 0 bridgehead atoms. The van der Waals surface area contributed by atoms with Crippen molar-refractivity contribution in [1.29, 1.82) is 0 Å². The number of pyridine rings is 1. The molecular formula is C20H28N3O+. The van der Waals surface area contributed by atoms with E-state index in [2.05, 4.69) is 58.4 Å². The van der Waals surface area contributed by atoms with Crippen molar-refractivity contribution in [2.24, 2.45) is 0 Å². The van der Waals surface area contributed by atoms with Gasteiger partial charge in [0.1, 0.15) is 6.54 Å². The van der Waals surface area contributed by atoms with Crippen molar-refractivity contribution in [2.75, 3.05) is 24.3 Å². The monoisotopic (exact) mass is 326 g/mol. The second-order valence-corrected chi connectivity index (χ2v) is 6.61. The van der Waals surface area contributed by atoms with E-state index in [1.807, 2.05) is 27.9 Å². The lowest BCUT2D eigenvalue weighted by molar-refractivity contribution is -0.697. The number of aromatic nitrogens is 1. The highest BCUT2D eigenvalue weighted by Crippen LogP contribution is 2.22. The van der Waals surface area contributed by atoms with Gasteiger partial charge < -0.3 is 10.2 Å². The van der Waals surface area contributed by atoms with Crippen LogP contribution in [0.4, 0.5) is 11.4 Å². The molecule has 0 fully saturated rings. The summed E-state index contributed by atoms with van der Waals surface area (Å²) in [4.78, 5) is 14.3. The summed E-state index contributed by atoms with van der Waals surface area (Å²) in [7, 11) is 4.05. The van der Waals surface area contributed by atoms with E-state index in [4.69, 9.17) is 0 Å². The van der Waals surface area contributed by atoms with E-state index >= 15 is 0 Å². The Morgan fingerprint density at radius 3 is 2.21 bits per heavy atom. The van der Waals surface area contributed by atoms with Crippen LogP contribution in [0.2, 0.25) is 0 Å². The summed E-state index contributed by atoms with van der Waals surface area (Å²) in [6, 6.07) is 8.37. The molecular weight excluding hydrogens is 298 g/mol. The first-order valence-corrected chi connectivity index (χ1v) is 8.41. The number of carbonyl (C=O) groups is 1. The Labute approximate surface area is 145 Å². The first kappa shape index (κ1) is 18.0. The van der Waals surface area contributed by atoms with Gasteiger partial charge in [-0.2, -0.15) is 0 Å². The van der Waals surface area contributed by atoms with Gasteiger partial charge in [-0.05, 0) is 31.9 Å². The van der Waals surface area contributed by atoms with Crippen LogP contribution < -0.4 is 14.8 Å². The Hall–Kier alpha value is -2.36. The second-order valence-electron chi connectivity index (χ2n) is 6.61. The van der Waals surface area contributed by atoms with Gasteiger partial charge >= 0.3 is 0 Å². The van der Waals surface area contributed by atoms with Crippen LogP contribution >= 0.6 is 0 Å². The van der Waals surface area contributed by atoms with Gasteiger partial charge in [-0.3, -0.25) is 4.79 Å². The number of hydrogen-bond donors (Lipinski definition) is 1. The van der Waals surface area contributed by atoms with Crippen molar-refractivity contribution in [3.05, 3.63) is 53.3 Å². The van der Waals surface area contributed by atoms with E-state index in [-0.39, 0.29) is 5.91 Å². The largest absolute Gasteiger partial charge is 0.377 e. The third-order valence-corrected chi connectivity index (χ3v) is 4.15. The molecule has 0 aliphatic heterocycles. The molecule has 0 saturated heterocycles. The van der Waals surface area contributed by atoms with Crippen LogP contribution in [0.1, 0.15) is 29.5 Å². The molecule has 0 radical (unpaired) electrons. The number of amides is 1. The fourth-order valence-corrected chi connectivity index (χ4v) is 2.90. The lowest BCUT2D eigenvalue weighted by Gasteiger charge is -2.12. The molecule has 24 heavy (non-hydrogen) atoms. The number of nitrogens with one attached hydrogen (secondary N) is 1. The van der Waals surface area contributed by atoms with Gasteiger partial charge in [-0.25, -0.2) is 4.57 Å². The fraction of sp³-hybridized carbons (Fsp3) is 0.400. The maximum Gasteiger partial charge on any atom is 0.224 e. The normalized spacial score (nSPS) is 10.5. The Bertz CT molecular complexity index is 682. The summed E-state index contributed by atoms with van der Waals surface area (Å²) in [6.07, 6.45) is 5.46. The van der Waals surface area contributed by atoms with Crippen LogP contribution in [-0.4, -0.2) is 20.0 Å². The number of carbonyl (C=O) groups excluding carboxylic acids is 1. The minimum absolute atomic E-state index is 0.0792. The summed E-state index contributed by atoms with van der Waals surface area (Å²) in [5.74, 6) is 0.0792. The Morgan fingerprint density at radius 1 is 1.08 bits per heavy atom. The van der Waals surface area contributed by atoms with E-state index in [9.17, 15) is 4.79 Å². The lowest BCUT2D eigenvalue weighted by atomic mass is 10.0. The van der Waals surface area contributed by atoms with Gasteiger partial charge in [-0.15, -0.1) is 0 Å². The average molecular weight is 326 g/mol. The molecule has 4 heteroatoms. The number of nitrogens with zero attached hydrogens (tertiary/aromatic N) is 2. The van der Waals surface area contributed by atoms with Gasteiger partial charge in [-0.1, -0.05) is 17.7 Å². The molecule has 1 amide bonds. The molecule has 2 rings (SSSR count). The van der Waals surface area contributed by atoms with Crippen molar-refractivity contribution in [3.63, 3.8) is 0 Å². The van der Waals surface area contributed by atoms with Gasteiger partial charge in [0.25, 0.3) is 0 Å². The zero-order valence-corrected chi connectivity index (χ0v) is 15.4. The molecule has 1 heterocycles. The zero-order valence-electron chi connectivity index (χ0n) is 15.4. The SMILES string of the molecule is Cc1cc(C)c(NC(=O)CCC[n+]2ccc(N(C)C)cc2)c(C)c1. The topological polar surface area (TPSA) is 36.2 Å². The fourth-order valence-electron chi connectivity index (χ4n) is 2.90. The average Bonchev–Trinajstić information content (AvgIpc) is 2.51. The maximum atomic E-state index is 12.2. The van der Waals surface area contributed by atoms with E-state index < -0.39 is 0 Å². The first-order chi connectivity index (χ1) is 11.4. The third kappa shape index (κ3) is 4.82. The van der Waals surface area contributed by atoms with Crippen LogP contribution in [0.5, 0.6) is 0 Å². The van der Waals surface area contributed by atoms with Crippen LogP contribution in [0.15, 0.2) is 36.7 Å². The summed E-state index contributed by atoms with van der Waals surface area (Å²) in [5, 5.41) is 3.06. The Kier molecular flexibility index (Phi) is 5.96. The quantitative estimate of drug-likeness (QED) is 0.826. The van der Waals surface area contributed by atoms with Crippen molar-refractivity contribution >= 4 is 17.3 Å². The second kappa shape index (κ2) is 7.95. The molecule has 0 saturated carbocycles. The van der Waals surface area contributed by atoms with Gasteiger partial charge in [0.15, 0.2) is 12.4 Å². The molecule has 1 N–H and O–H groups in total. The van der Waals surface area contributed by atoms with Crippen molar-refractivity contribution in [3.8, 4) is 0 Å². The first-order valence-electron chi connectivity index (χ1n) is 8.41. The molecule has 0 unspecified atom stereocenters. The Morgan fingerprint density at radius 2 is 1.67 bits per heavy atom. The summed E-state index contributed by atoms with van der Waals surface area (Å²) < 4.78 is 2.11. The number of rotatable bonds is 6. The molecule has 4 nitrogen and oxygen atoms in total. The van der Waals surface area contributed by atoms with Crippen LogP contribution in [0.25, 0.3) is 0 Å². The number of anilines is 2. The summed E-state index contributed by atoms with van der Waals surface area (Å²) >= 11 is 0. The van der Waals surface area contributed by atoms with E-state index in [1.54, 1.807) is 0 Å². The molecule has 1 aromatic carbocycles. The van der Waals surface area contributed by atoms with Crippen LogP contribution in [0, 0.1) is 20.8 Å². The molecule has 1 aromatic heterocycles. The van der Waals surface area contributed by atoms with Crippen LogP contribution in [0.3, 0.4) is 0 Å². The molecule has 2 aromatic rings. The maximum absolute atomic E-state index is 12.2. The van der Waals surface area contributed by atoms with Gasteiger partial charge in [0.2, 0.25) is 5.91 Å². The lowest BCUT2D eigenvalue weighted by Crippen LogP contribution is -2.33. The van der Waals surface area contributed by atoms with Crippen LogP contribution in [-0.2, 0) is 11.3 Å². The zero-order chi connectivity index (χ0) is 17.7.